The van der Waals surface area contributed by atoms with Gasteiger partial charge in [-0.1, -0.05) is 28.1 Å². The topological polar surface area (TPSA) is 60.9 Å². The van der Waals surface area contributed by atoms with Crippen molar-refractivity contribution in [3.8, 4) is 0 Å². The number of rotatable bonds is 3. The molecule has 2 unspecified atom stereocenters. The van der Waals surface area contributed by atoms with Crippen LogP contribution in [0.1, 0.15) is 18.5 Å². The molecule has 0 aromatic heterocycles. The summed E-state index contributed by atoms with van der Waals surface area (Å²) in [5.41, 5.74) is 0.999. The summed E-state index contributed by atoms with van der Waals surface area (Å²) in [7, 11) is 1.70. The predicted octanol–water partition coefficient (Wildman–Crippen LogP) is 2.33. The molecule has 6 heteroatoms. The molecule has 0 bridgehead atoms. The smallest absolute Gasteiger partial charge is 0.326 e. The summed E-state index contributed by atoms with van der Waals surface area (Å²) in [4.78, 5) is 26.1. The van der Waals surface area contributed by atoms with Gasteiger partial charge in [0.15, 0.2) is 0 Å². The van der Waals surface area contributed by atoms with E-state index in [4.69, 9.17) is 5.11 Å². The summed E-state index contributed by atoms with van der Waals surface area (Å²) in [6.45, 7) is 1.92. The Morgan fingerprint density at radius 2 is 2.00 bits per heavy atom. The molecular formula is C13H15BrN2O3. The third-order valence-electron chi connectivity index (χ3n) is 3.46. The fourth-order valence-electron chi connectivity index (χ4n) is 2.19. The molecule has 1 aliphatic heterocycles. The molecule has 2 rings (SSSR count). The number of carbonyl (C=O) groups excluding carboxylic acids is 1. The van der Waals surface area contributed by atoms with Gasteiger partial charge < -0.3 is 14.9 Å². The number of likely N-dealkylation sites (N-methyl/N-ethyl adjacent to an activating group) is 1. The molecule has 1 N–H and O–H groups in total. The normalized spacial score (nSPS) is 20.8. The van der Waals surface area contributed by atoms with Gasteiger partial charge in [-0.2, -0.15) is 0 Å². The predicted molar refractivity (Wildman–Crippen MR) is 73.8 cm³/mol. The van der Waals surface area contributed by atoms with Crippen molar-refractivity contribution in [2.45, 2.75) is 19.0 Å². The largest absolute Gasteiger partial charge is 0.480 e. The van der Waals surface area contributed by atoms with Crippen LogP contribution < -0.4 is 0 Å². The number of benzene rings is 1. The highest BCUT2D eigenvalue weighted by molar-refractivity contribution is 9.10. The summed E-state index contributed by atoms with van der Waals surface area (Å²) < 4.78 is 0.971. The van der Waals surface area contributed by atoms with Crippen molar-refractivity contribution >= 4 is 27.9 Å². The number of carbonyl (C=O) groups is 2. The second-order valence-electron chi connectivity index (χ2n) is 4.63. The lowest BCUT2D eigenvalue weighted by molar-refractivity contribution is -0.141. The van der Waals surface area contributed by atoms with E-state index in [1.165, 1.54) is 11.8 Å². The molecule has 1 aromatic carbocycles. The fraction of sp³-hybridized carbons (Fsp3) is 0.385. The molecule has 1 heterocycles. The summed E-state index contributed by atoms with van der Waals surface area (Å²) in [6, 6.07) is 6.54. The van der Waals surface area contributed by atoms with Crippen LogP contribution in [0.5, 0.6) is 0 Å². The molecule has 0 radical (unpaired) electrons. The molecule has 1 aromatic rings. The average molecular weight is 327 g/mol. The van der Waals surface area contributed by atoms with Crippen LogP contribution >= 0.6 is 15.9 Å². The van der Waals surface area contributed by atoms with Crippen LogP contribution in [0.3, 0.4) is 0 Å². The molecule has 19 heavy (non-hydrogen) atoms. The fourth-order valence-corrected chi connectivity index (χ4v) is 2.46. The Bertz CT molecular complexity index is 503. The van der Waals surface area contributed by atoms with Gasteiger partial charge in [0.05, 0.1) is 6.04 Å². The van der Waals surface area contributed by atoms with Crippen LogP contribution in [0.4, 0.5) is 4.79 Å². The van der Waals surface area contributed by atoms with Crippen molar-refractivity contribution in [1.82, 2.24) is 9.80 Å². The number of carboxylic acid groups (broad SMARTS) is 1. The lowest BCUT2D eigenvalue weighted by Gasteiger charge is -2.19. The van der Waals surface area contributed by atoms with Gasteiger partial charge in [0.2, 0.25) is 0 Å². The first-order chi connectivity index (χ1) is 8.91. The van der Waals surface area contributed by atoms with Crippen LogP contribution in [0, 0.1) is 0 Å². The highest BCUT2D eigenvalue weighted by atomic mass is 79.9. The van der Waals surface area contributed by atoms with Crippen LogP contribution in [0.2, 0.25) is 0 Å². The molecule has 2 atom stereocenters. The van der Waals surface area contributed by atoms with E-state index in [0.29, 0.717) is 6.54 Å². The second kappa shape index (κ2) is 5.21. The van der Waals surface area contributed by atoms with Crippen molar-refractivity contribution in [2.75, 3.05) is 13.6 Å². The summed E-state index contributed by atoms with van der Waals surface area (Å²) in [5, 5.41) is 9.02. The van der Waals surface area contributed by atoms with Gasteiger partial charge in [0.1, 0.15) is 6.04 Å². The van der Waals surface area contributed by atoms with Gasteiger partial charge in [0.25, 0.3) is 0 Å². The maximum Gasteiger partial charge on any atom is 0.326 e. The Kier molecular flexibility index (Phi) is 3.80. The van der Waals surface area contributed by atoms with Crippen molar-refractivity contribution in [2.24, 2.45) is 0 Å². The lowest BCUT2D eigenvalue weighted by atomic mass is 10.1. The van der Waals surface area contributed by atoms with E-state index >= 15 is 0 Å². The van der Waals surface area contributed by atoms with Gasteiger partial charge >= 0.3 is 12.0 Å². The lowest BCUT2D eigenvalue weighted by Crippen LogP contribution is -2.41. The Balaban J connectivity index is 2.23. The zero-order chi connectivity index (χ0) is 14.2. The first-order valence-electron chi connectivity index (χ1n) is 5.93. The molecule has 102 valence electrons. The number of nitrogens with zero attached hydrogens (tertiary/aromatic N) is 2. The van der Waals surface area contributed by atoms with E-state index in [2.05, 4.69) is 15.9 Å². The van der Waals surface area contributed by atoms with Gasteiger partial charge in [-0.25, -0.2) is 9.59 Å². The van der Waals surface area contributed by atoms with Crippen molar-refractivity contribution in [3.63, 3.8) is 0 Å². The minimum atomic E-state index is -0.988. The van der Waals surface area contributed by atoms with Crippen molar-refractivity contribution in [3.05, 3.63) is 34.3 Å². The van der Waals surface area contributed by atoms with Crippen molar-refractivity contribution in [1.29, 1.82) is 0 Å². The number of halogens is 1. The summed E-state index contributed by atoms with van der Waals surface area (Å²) >= 11 is 3.37. The number of amides is 2. The summed E-state index contributed by atoms with van der Waals surface area (Å²) in [5.74, 6) is -0.988. The van der Waals surface area contributed by atoms with Crippen LogP contribution in [-0.4, -0.2) is 46.5 Å². The monoisotopic (exact) mass is 326 g/mol. The molecule has 1 aliphatic rings. The van der Waals surface area contributed by atoms with E-state index in [1.807, 2.05) is 24.3 Å². The molecule has 0 aliphatic carbocycles. The minimum Gasteiger partial charge on any atom is -0.480 e. The zero-order valence-corrected chi connectivity index (χ0v) is 12.3. The molecule has 0 spiro atoms. The first-order valence-corrected chi connectivity index (χ1v) is 6.73. The van der Waals surface area contributed by atoms with Crippen LogP contribution in [-0.2, 0) is 4.79 Å². The average Bonchev–Trinajstić information content (AvgIpc) is 2.67. The van der Waals surface area contributed by atoms with Gasteiger partial charge in [0, 0.05) is 18.1 Å². The number of hydrogen-bond acceptors (Lipinski definition) is 2. The Hall–Kier alpha value is -1.56. The van der Waals surface area contributed by atoms with E-state index < -0.39 is 12.0 Å². The SMILES string of the molecule is CC(C(=O)O)N1CC(c2ccc(Br)cc2)N(C)C1=O. The van der Waals surface area contributed by atoms with E-state index in [0.717, 1.165) is 10.0 Å². The maximum absolute atomic E-state index is 12.1. The number of hydrogen-bond donors (Lipinski definition) is 1. The summed E-state index contributed by atoms with van der Waals surface area (Å²) in [6.07, 6.45) is 0. The first kappa shape index (κ1) is 13.9. The Morgan fingerprint density at radius 1 is 1.42 bits per heavy atom. The third-order valence-corrected chi connectivity index (χ3v) is 3.99. The van der Waals surface area contributed by atoms with Crippen LogP contribution in [0.15, 0.2) is 28.7 Å². The molecule has 1 fully saturated rings. The molecule has 5 nitrogen and oxygen atoms in total. The number of carboxylic acids is 1. The third kappa shape index (κ3) is 2.58. The Labute approximate surface area is 119 Å². The zero-order valence-electron chi connectivity index (χ0n) is 10.7. The number of aliphatic carboxylic acids is 1. The van der Waals surface area contributed by atoms with E-state index in [9.17, 15) is 9.59 Å². The number of urea groups is 1. The minimum absolute atomic E-state index is 0.109. The van der Waals surface area contributed by atoms with Gasteiger partial charge in [-0.3, -0.25) is 0 Å². The molecule has 1 saturated heterocycles. The van der Waals surface area contributed by atoms with E-state index in [-0.39, 0.29) is 12.1 Å². The maximum atomic E-state index is 12.1. The van der Waals surface area contributed by atoms with Crippen molar-refractivity contribution < 1.29 is 14.7 Å². The molecule has 2 amide bonds. The van der Waals surface area contributed by atoms with E-state index in [1.54, 1.807) is 11.9 Å². The molecular weight excluding hydrogens is 312 g/mol. The standard InChI is InChI=1S/C13H15BrN2O3/c1-8(12(17)18)16-7-11(15(2)13(16)19)9-3-5-10(14)6-4-9/h3-6,8,11H,7H2,1-2H3,(H,17,18). The quantitative estimate of drug-likeness (QED) is 0.927. The molecule has 0 saturated carbocycles. The Morgan fingerprint density at radius 3 is 2.53 bits per heavy atom. The highest BCUT2D eigenvalue weighted by Gasteiger charge is 2.39. The highest BCUT2D eigenvalue weighted by Crippen LogP contribution is 2.30. The van der Waals surface area contributed by atoms with Crippen LogP contribution in [0.25, 0.3) is 0 Å². The van der Waals surface area contributed by atoms with Gasteiger partial charge in [-0.15, -0.1) is 0 Å². The van der Waals surface area contributed by atoms with Gasteiger partial charge in [-0.05, 0) is 24.6 Å². The second-order valence-corrected chi connectivity index (χ2v) is 5.54.